The van der Waals surface area contributed by atoms with E-state index >= 15 is 0 Å². The minimum Gasteiger partial charge on any atom is -0.465 e. The highest BCUT2D eigenvalue weighted by Crippen LogP contribution is 2.48. The molecule has 2 saturated heterocycles. The molecule has 0 radical (unpaired) electrons. The molecule has 0 saturated carbocycles. The fraction of sp³-hybridized carbons (Fsp3) is 0.500. The molecule has 2 aromatic rings. The van der Waals surface area contributed by atoms with E-state index in [0.29, 0.717) is 49.9 Å². The normalized spacial score (nSPS) is 22.7. The molecule has 1 aliphatic carbocycles. The Hall–Kier alpha value is -4.18. The lowest BCUT2D eigenvalue weighted by Gasteiger charge is -2.48. The largest absolute Gasteiger partial charge is 0.465 e. The summed E-state index contributed by atoms with van der Waals surface area (Å²) in [4.78, 5) is 59.5. The van der Waals surface area contributed by atoms with Gasteiger partial charge in [-0.15, -0.1) is 0 Å². The minimum atomic E-state index is -0.721. The lowest BCUT2D eigenvalue weighted by molar-refractivity contribution is -0.141. The number of likely N-dealkylation sites (tertiary alicyclic amines) is 2. The number of nitrogens with zero attached hydrogens (tertiary/aromatic N) is 3. The van der Waals surface area contributed by atoms with Crippen molar-refractivity contribution in [3.63, 3.8) is 0 Å². The van der Waals surface area contributed by atoms with Gasteiger partial charge in [-0.2, -0.15) is 0 Å². The Morgan fingerprint density at radius 1 is 0.935 bits per heavy atom. The molecule has 6 rings (SSSR count). The second-order valence-electron chi connectivity index (χ2n) is 13.9. The van der Waals surface area contributed by atoms with Gasteiger partial charge in [0, 0.05) is 30.8 Å². The van der Waals surface area contributed by atoms with Gasteiger partial charge in [0.25, 0.3) is 0 Å². The summed E-state index contributed by atoms with van der Waals surface area (Å²) in [5.74, 6) is -0.779. The van der Waals surface area contributed by atoms with Crippen LogP contribution in [0.4, 0.5) is 11.4 Å². The zero-order chi connectivity index (χ0) is 32.6. The number of amides is 2. The molecule has 3 heterocycles. The molecule has 4 aliphatic rings. The van der Waals surface area contributed by atoms with E-state index in [9.17, 15) is 19.2 Å². The Balaban J connectivity index is 1.36. The number of allylic oxidation sites excluding steroid dienone is 1. The van der Waals surface area contributed by atoms with Crippen molar-refractivity contribution in [2.24, 2.45) is 11.1 Å². The molecule has 0 aromatic heterocycles. The van der Waals surface area contributed by atoms with Gasteiger partial charge in [0.15, 0.2) is 5.78 Å². The van der Waals surface area contributed by atoms with Gasteiger partial charge in [0.05, 0.1) is 36.6 Å². The predicted molar refractivity (Wildman–Crippen MR) is 176 cm³/mol. The van der Waals surface area contributed by atoms with Crippen molar-refractivity contribution in [3.05, 3.63) is 70.9 Å². The van der Waals surface area contributed by atoms with Crippen LogP contribution in [0.2, 0.25) is 0 Å². The number of ketones is 1. The Morgan fingerprint density at radius 3 is 2.26 bits per heavy atom. The van der Waals surface area contributed by atoms with Gasteiger partial charge in [-0.3, -0.25) is 19.3 Å². The number of Topliss-reactive ketones (excluding diaryl/α,β-unsaturated/α-hetero) is 1. The van der Waals surface area contributed by atoms with Crippen molar-refractivity contribution in [3.8, 4) is 0 Å². The molecule has 0 bridgehead atoms. The summed E-state index contributed by atoms with van der Waals surface area (Å²) in [5.41, 5.74) is 9.44. The maximum Gasteiger partial charge on any atom is 0.337 e. The summed E-state index contributed by atoms with van der Waals surface area (Å²) < 4.78 is 4.92. The smallest absolute Gasteiger partial charge is 0.337 e. The van der Waals surface area contributed by atoms with Gasteiger partial charge < -0.3 is 25.6 Å². The zero-order valence-electron chi connectivity index (χ0n) is 27.1. The summed E-state index contributed by atoms with van der Waals surface area (Å²) in [6, 6.07) is 14.4. The number of piperidine rings is 2. The van der Waals surface area contributed by atoms with Crippen LogP contribution in [-0.2, 0) is 19.1 Å². The number of fused-ring (bicyclic) bond motifs is 1. The van der Waals surface area contributed by atoms with E-state index in [-0.39, 0.29) is 29.6 Å². The van der Waals surface area contributed by atoms with Crippen LogP contribution in [0.15, 0.2) is 59.8 Å². The number of anilines is 2. The molecule has 1 atom stereocenters. The van der Waals surface area contributed by atoms with E-state index in [1.165, 1.54) is 7.11 Å². The van der Waals surface area contributed by atoms with Gasteiger partial charge in [-0.1, -0.05) is 44.5 Å². The highest BCUT2D eigenvalue weighted by atomic mass is 16.5. The number of ether oxygens (including phenoxy) is 1. The molecule has 2 aromatic carbocycles. The summed E-state index contributed by atoms with van der Waals surface area (Å²) >= 11 is 0. The van der Waals surface area contributed by atoms with Gasteiger partial charge in [0.1, 0.15) is 5.54 Å². The molecule has 10 heteroatoms. The first kappa shape index (κ1) is 31.8. The van der Waals surface area contributed by atoms with E-state index in [2.05, 4.69) is 24.1 Å². The maximum absolute atomic E-state index is 14.2. The van der Waals surface area contributed by atoms with Gasteiger partial charge in [-0.25, -0.2) is 4.79 Å². The molecule has 244 valence electrons. The number of primary amides is 1. The number of benzene rings is 2. The van der Waals surface area contributed by atoms with Crippen LogP contribution < -0.4 is 16.0 Å². The van der Waals surface area contributed by atoms with E-state index in [1.54, 1.807) is 12.1 Å². The van der Waals surface area contributed by atoms with Crippen LogP contribution in [-0.4, -0.2) is 78.7 Å². The topological polar surface area (TPSA) is 125 Å². The van der Waals surface area contributed by atoms with Crippen LogP contribution in [0.25, 0.3) is 0 Å². The maximum atomic E-state index is 14.2. The quantitative estimate of drug-likeness (QED) is 0.451. The lowest BCUT2D eigenvalue weighted by atomic mass is 9.73. The number of para-hydroxylation sites is 2. The predicted octanol–water partition coefficient (Wildman–Crippen LogP) is 4.42. The Bertz CT molecular complexity index is 1550. The highest BCUT2D eigenvalue weighted by molar-refractivity contribution is 6.02. The first-order valence-electron chi connectivity index (χ1n) is 16.4. The summed E-state index contributed by atoms with van der Waals surface area (Å²) in [6.45, 7) is 6.81. The van der Waals surface area contributed by atoms with Crippen molar-refractivity contribution in [1.29, 1.82) is 0 Å². The van der Waals surface area contributed by atoms with Crippen molar-refractivity contribution in [2.75, 3.05) is 50.1 Å². The van der Waals surface area contributed by atoms with Gasteiger partial charge in [0.2, 0.25) is 11.8 Å². The van der Waals surface area contributed by atoms with Crippen LogP contribution in [0.5, 0.6) is 0 Å². The molecular weight excluding hydrogens is 582 g/mol. The summed E-state index contributed by atoms with van der Waals surface area (Å²) in [7, 11) is 1.34. The Labute approximate surface area is 270 Å². The Morgan fingerprint density at radius 2 is 1.61 bits per heavy atom. The molecule has 2 amide bonds. The molecule has 46 heavy (non-hydrogen) atoms. The van der Waals surface area contributed by atoms with Crippen LogP contribution >= 0.6 is 0 Å². The van der Waals surface area contributed by atoms with E-state index in [1.807, 2.05) is 46.2 Å². The molecule has 1 unspecified atom stereocenters. The zero-order valence-corrected chi connectivity index (χ0v) is 27.1. The number of hydrogen-bond acceptors (Lipinski definition) is 8. The van der Waals surface area contributed by atoms with Gasteiger partial charge in [-0.05, 0) is 80.4 Å². The molecule has 3 aliphatic heterocycles. The monoisotopic (exact) mass is 627 g/mol. The standard InChI is InChI=1S/C36H45N5O5/c1-35(2)21-27-31(29(42)22-35)32(24-11-13-25(14-12-24)33(44)46-3)41(28-10-6-5-9-26(28)38-27)23-30(43)39-19-15-36(16-20-39,34(37)45)40-17-7-4-8-18-40/h5-6,9-14,32,38H,4,7-8,15-23H2,1-3H3,(H2,37,45). The minimum absolute atomic E-state index is 0.0306. The summed E-state index contributed by atoms with van der Waals surface area (Å²) in [6.07, 6.45) is 5.35. The van der Waals surface area contributed by atoms with Crippen LogP contribution in [0.3, 0.4) is 0 Å². The van der Waals surface area contributed by atoms with E-state index < -0.39 is 17.6 Å². The number of rotatable bonds is 6. The lowest BCUT2D eigenvalue weighted by Crippen LogP contribution is -2.64. The highest BCUT2D eigenvalue weighted by Gasteiger charge is 2.47. The second kappa shape index (κ2) is 12.5. The fourth-order valence-electron chi connectivity index (χ4n) is 7.91. The van der Waals surface area contributed by atoms with E-state index in [4.69, 9.17) is 10.5 Å². The number of carbonyl (C=O) groups is 4. The fourth-order valence-corrected chi connectivity index (χ4v) is 7.91. The summed E-state index contributed by atoms with van der Waals surface area (Å²) in [5, 5.41) is 3.59. The average Bonchev–Trinajstić information content (AvgIpc) is 3.18. The van der Waals surface area contributed by atoms with E-state index in [0.717, 1.165) is 55.0 Å². The number of methoxy groups -OCH3 is 1. The number of esters is 1. The van der Waals surface area contributed by atoms with Crippen LogP contribution in [0, 0.1) is 5.41 Å². The average molecular weight is 628 g/mol. The van der Waals surface area contributed by atoms with Gasteiger partial charge >= 0.3 is 5.97 Å². The van der Waals surface area contributed by atoms with Crippen molar-refractivity contribution in [1.82, 2.24) is 9.80 Å². The van der Waals surface area contributed by atoms with Crippen molar-refractivity contribution >= 4 is 34.9 Å². The first-order valence-corrected chi connectivity index (χ1v) is 16.4. The third-order valence-corrected chi connectivity index (χ3v) is 10.3. The number of nitrogens with one attached hydrogen (secondary N) is 1. The first-order chi connectivity index (χ1) is 22.0. The molecule has 2 fully saturated rings. The SMILES string of the molecule is COC(=O)c1ccc(C2C3=C(CC(C)(C)CC3=O)Nc3ccccc3N2CC(=O)N2CCC(C(N)=O)(N3CCCCC3)CC2)cc1. The number of hydrogen-bond donors (Lipinski definition) is 2. The van der Waals surface area contributed by atoms with Crippen molar-refractivity contribution in [2.45, 2.75) is 70.4 Å². The third kappa shape index (κ3) is 5.90. The number of nitrogens with two attached hydrogens (primary N) is 1. The molecular formula is C36H45N5O5. The second-order valence-corrected chi connectivity index (χ2v) is 13.9. The number of carbonyl (C=O) groups excluding carboxylic acids is 4. The molecule has 10 nitrogen and oxygen atoms in total. The van der Waals surface area contributed by atoms with Crippen LogP contribution in [0.1, 0.15) is 80.8 Å². The molecule has 0 spiro atoms. The Kier molecular flexibility index (Phi) is 8.67. The van der Waals surface area contributed by atoms with Crippen molar-refractivity contribution < 1.29 is 23.9 Å². The molecule has 3 N–H and O–H groups in total. The third-order valence-electron chi connectivity index (χ3n) is 10.3.